The van der Waals surface area contributed by atoms with Crippen molar-refractivity contribution in [2.24, 2.45) is 5.92 Å². The number of halogens is 2. The van der Waals surface area contributed by atoms with Gasteiger partial charge in [-0.05, 0) is 19.8 Å². The van der Waals surface area contributed by atoms with Crippen LogP contribution in [0, 0.1) is 5.92 Å². The Morgan fingerprint density at radius 2 is 2.05 bits per heavy atom. The van der Waals surface area contributed by atoms with Gasteiger partial charge in [-0.25, -0.2) is 26.7 Å². The monoisotopic (exact) mass is 315 g/mol. The van der Waals surface area contributed by atoms with Crippen LogP contribution < -0.4 is 4.72 Å². The number of sulfonamides is 1. The van der Waals surface area contributed by atoms with E-state index < -0.39 is 45.7 Å². The predicted molar refractivity (Wildman–Crippen MR) is 67.0 cm³/mol. The molecule has 2 unspecified atom stereocenters. The van der Waals surface area contributed by atoms with Crippen molar-refractivity contribution >= 4 is 16.0 Å². The first-order valence-electron chi connectivity index (χ1n) is 6.27. The normalized spacial score (nSPS) is 25.9. The Morgan fingerprint density at radius 3 is 2.55 bits per heavy atom. The second-order valence-corrected chi connectivity index (χ2v) is 7.24. The third-order valence-electron chi connectivity index (χ3n) is 3.43. The Labute approximate surface area is 116 Å². The van der Waals surface area contributed by atoms with Gasteiger partial charge in [0.1, 0.15) is 0 Å². The highest BCUT2D eigenvalue weighted by Crippen LogP contribution is 2.38. The van der Waals surface area contributed by atoms with Crippen LogP contribution in [-0.2, 0) is 14.8 Å². The first kappa shape index (κ1) is 17.3. The van der Waals surface area contributed by atoms with Crippen molar-refractivity contribution in [3.8, 4) is 0 Å². The Balaban J connectivity index is 2.64. The number of aliphatic carboxylic acids is 1. The highest BCUT2D eigenvalue weighted by atomic mass is 32.2. The minimum Gasteiger partial charge on any atom is -0.479 e. The van der Waals surface area contributed by atoms with Crippen LogP contribution in [-0.4, -0.2) is 48.4 Å². The minimum atomic E-state index is -4.07. The molecule has 1 rings (SSSR count). The molecule has 6 nitrogen and oxygen atoms in total. The lowest BCUT2D eigenvalue weighted by Crippen LogP contribution is -2.48. The quantitative estimate of drug-likeness (QED) is 0.665. The number of rotatable bonds is 6. The SMILES string of the molecule is CC(O)(CNS(=O)(=O)CC1CCCCC1(F)F)C(=O)O. The molecule has 0 radical (unpaired) electrons. The van der Waals surface area contributed by atoms with E-state index in [-0.39, 0.29) is 12.8 Å². The summed E-state index contributed by atoms with van der Waals surface area (Å²) in [7, 11) is -4.07. The first-order valence-corrected chi connectivity index (χ1v) is 7.92. The summed E-state index contributed by atoms with van der Waals surface area (Å²) in [5, 5.41) is 18.0. The molecule has 0 aromatic carbocycles. The molecule has 1 aliphatic rings. The van der Waals surface area contributed by atoms with Crippen molar-refractivity contribution in [3.05, 3.63) is 0 Å². The molecule has 0 amide bonds. The van der Waals surface area contributed by atoms with E-state index >= 15 is 0 Å². The van der Waals surface area contributed by atoms with Crippen molar-refractivity contribution in [2.75, 3.05) is 12.3 Å². The van der Waals surface area contributed by atoms with Gasteiger partial charge >= 0.3 is 5.97 Å². The second-order valence-electron chi connectivity index (χ2n) is 5.39. The van der Waals surface area contributed by atoms with Gasteiger partial charge in [-0.2, -0.15) is 0 Å². The summed E-state index contributed by atoms with van der Waals surface area (Å²) in [5.41, 5.74) is -2.28. The standard InChI is InChI=1S/C11H19F2NO5S/c1-10(17,9(15)16)7-14-20(18,19)6-8-4-2-3-5-11(8,12)13/h8,14,17H,2-7H2,1H3,(H,15,16). The molecule has 9 heteroatoms. The van der Waals surface area contributed by atoms with Gasteiger partial charge < -0.3 is 10.2 Å². The molecular formula is C11H19F2NO5S. The summed E-state index contributed by atoms with van der Waals surface area (Å²) in [4.78, 5) is 10.6. The molecule has 0 aromatic rings. The van der Waals surface area contributed by atoms with Gasteiger partial charge in [0.05, 0.1) is 5.75 Å². The summed E-state index contributed by atoms with van der Waals surface area (Å²) in [5.74, 6) is -6.66. The number of carboxylic acids is 1. The molecule has 0 saturated heterocycles. The van der Waals surface area contributed by atoms with Gasteiger partial charge in [0.2, 0.25) is 10.0 Å². The molecule has 1 fully saturated rings. The average molecular weight is 315 g/mol. The van der Waals surface area contributed by atoms with E-state index in [4.69, 9.17) is 5.11 Å². The topological polar surface area (TPSA) is 104 Å². The van der Waals surface area contributed by atoms with Gasteiger partial charge in [-0.15, -0.1) is 0 Å². The Bertz CT molecular complexity index is 463. The van der Waals surface area contributed by atoms with E-state index in [1.54, 1.807) is 0 Å². The van der Waals surface area contributed by atoms with E-state index in [0.29, 0.717) is 12.8 Å². The summed E-state index contributed by atoms with van der Waals surface area (Å²) in [6, 6.07) is 0. The summed E-state index contributed by atoms with van der Waals surface area (Å²) < 4.78 is 52.4. The number of aliphatic hydroxyl groups is 1. The van der Waals surface area contributed by atoms with Gasteiger partial charge in [-0.3, -0.25) is 0 Å². The van der Waals surface area contributed by atoms with Crippen molar-refractivity contribution in [1.82, 2.24) is 4.72 Å². The molecular weight excluding hydrogens is 296 g/mol. The molecule has 0 bridgehead atoms. The molecule has 0 aromatic heterocycles. The molecule has 20 heavy (non-hydrogen) atoms. The maximum atomic E-state index is 13.6. The van der Waals surface area contributed by atoms with E-state index in [9.17, 15) is 27.1 Å². The van der Waals surface area contributed by atoms with Crippen LogP contribution in [0.3, 0.4) is 0 Å². The Hall–Kier alpha value is -0.800. The minimum absolute atomic E-state index is 0.114. The van der Waals surface area contributed by atoms with E-state index in [0.717, 1.165) is 6.92 Å². The maximum absolute atomic E-state index is 13.6. The molecule has 3 N–H and O–H groups in total. The smallest absolute Gasteiger partial charge is 0.336 e. The van der Waals surface area contributed by atoms with Crippen molar-refractivity contribution in [2.45, 2.75) is 44.1 Å². The third kappa shape index (κ3) is 4.64. The maximum Gasteiger partial charge on any atom is 0.336 e. The van der Waals surface area contributed by atoms with Crippen LogP contribution in [0.1, 0.15) is 32.6 Å². The zero-order valence-electron chi connectivity index (χ0n) is 11.1. The number of alkyl halides is 2. The summed E-state index contributed by atoms with van der Waals surface area (Å²) in [6.07, 6.45) is 0.691. The zero-order chi connectivity index (χ0) is 15.6. The molecule has 2 atom stereocenters. The van der Waals surface area contributed by atoms with E-state index in [1.807, 2.05) is 4.72 Å². The number of nitrogens with one attached hydrogen (secondary N) is 1. The predicted octanol–water partition coefficient (Wildman–Crippen LogP) is 0.567. The summed E-state index contributed by atoms with van der Waals surface area (Å²) >= 11 is 0. The number of carbonyl (C=O) groups is 1. The molecule has 0 aliphatic heterocycles. The van der Waals surface area contributed by atoms with Gasteiger partial charge in [0.25, 0.3) is 5.92 Å². The van der Waals surface area contributed by atoms with E-state index in [1.165, 1.54) is 0 Å². The number of hydrogen-bond acceptors (Lipinski definition) is 4. The number of hydrogen-bond donors (Lipinski definition) is 3. The van der Waals surface area contributed by atoms with Gasteiger partial charge in [0.15, 0.2) is 5.60 Å². The van der Waals surface area contributed by atoms with Crippen LogP contribution in [0.15, 0.2) is 0 Å². The van der Waals surface area contributed by atoms with Crippen molar-refractivity contribution < 1.29 is 32.2 Å². The largest absolute Gasteiger partial charge is 0.479 e. The molecule has 118 valence electrons. The van der Waals surface area contributed by atoms with Crippen LogP contribution >= 0.6 is 0 Å². The van der Waals surface area contributed by atoms with Crippen molar-refractivity contribution in [3.63, 3.8) is 0 Å². The highest BCUT2D eigenvalue weighted by molar-refractivity contribution is 7.89. The lowest BCUT2D eigenvalue weighted by atomic mass is 9.87. The average Bonchev–Trinajstić information content (AvgIpc) is 2.29. The van der Waals surface area contributed by atoms with Crippen LogP contribution in [0.25, 0.3) is 0 Å². The van der Waals surface area contributed by atoms with Crippen LogP contribution in [0.5, 0.6) is 0 Å². The van der Waals surface area contributed by atoms with Crippen molar-refractivity contribution in [1.29, 1.82) is 0 Å². The summed E-state index contributed by atoms with van der Waals surface area (Å²) in [6.45, 7) is 0.163. The fourth-order valence-electron chi connectivity index (χ4n) is 2.02. The van der Waals surface area contributed by atoms with Crippen LogP contribution in [0.4, 0.5) is 8.78 Å². The molecule has 0 spiro atoms. The fraction of sp³-hybridized carbons (Fsp3) is 0.909. The first-order chi connectivity index (χ1) is 8.96. The van der Waals surface area contributed by atoms with Gasteiger partial charge in [-0.1, -0.05) is 6.42 Å². The second kappa shape index (κ2) is 5.90. The van der Waals surface area contributed by atoms with E-state index in [2.05, 4.69) is 0 Å². The van der Waals surface area contributed by atoms with Gasteiger partial charge in [0, 0.05) is 18.9 Å². The molecule has 0 heterocycles. The number of carboxylic acid groups (broad SMARTS) is 1. The lowest BCUT2D eigenvalue weighted by molar-refractivity contribution is -0.155. The zero-order valence-corrected chi connectivity index (χ0v) is 11.9. The third-order valence-corrected chi connectivity index (χ3v) is 4.85. The Kier molecular flexibility index (Phi) is 5.09. The highest BCUT2D eigenvalue weighted by Gasteiger charge is 2.43. The lowest BCUT2D eigenvalue weighted by Gasteiger charge is -2.31. The van der Waals surface area contributed by atoms with Crippen LogP contribution in [0.2, 0.25) is 0 Å². The fourth-order valence-corrected chi connectivity index (χ4v) is 3.58. The Morgan fingerprint density at radius 1 is 1.45 bits per heavy atom. The molecule has 1 aliphatic carbocycles. The molecule has 1 saturated carbocycles.